The minimum Gasteiger partial charge on any atom is -0.326 e. The van der Waals surface area contributed by atoms with Crippen LogP contribution in [0.1, 0.15) is 6.42 Å². The van der Waals surface area contributed by atoms with E-state index in [2.05, 4.69) is 5.32 Å². The molecule has 0 spiro atoms. The second-order valence-electron chi connectivity index (χ2n) is 4.70. The molecule has 0 aliphatic rings. The predicted octanol–water partition coefficient (Wildman–Crippen LogP) is 4.45. The van der Waals surface area contributed by atoms with Crippen molar-refractivity contribution in [2.75, 3.05) is 11.1 Å². The van der Waals surface area contributed by atoms with Gasteiger partial charge in [-0.05, 0) is 42.5 Å². The number of halogens is 3. The van der Waals surface area contributed by atoms with Crippen LogP contribution in [0.4, 0.5) is 5.69 Å². The van der Waals surface area contributed by atoms with Gasteiger partial charge in [0.15, 0.2) is 9.84 Å². The van der Waals surface area contributed by atoms with E-state index in [0.717, 1.165) is 0 Å². The van der Waals surface area contributed by atoms with Crippen molar-refractivity contribution in [3.8, 4) is 0 Å². The zero-order chi connectivity index (χ0) is 17.0. The first kappa shape index (κ1) is 18.1. The van der Waals surface area contributed by atoms with Gasteiger partial charge in [0.05, 0.1) is 20.7 Å². The molecule has 0 saturated carbocycles. The summed E-state index contributed by atoms with van der Waals surface area (Å²) in [5.74, 6) is -0.733. The van der Waals surface area contributed by atoms with Crippen LogP contribution in [0.3, 0.4) is 0 Å². The van der Waals surface area contributed by atoms with Crippen molar-refractivity contribution in [3.05, 3.63) is 57.5 Å². The Balaban J connectivity index is 1.98. The minimum absolute atomic E-state index is 0.129. The third-order valence-corrected chi connectivity index (χ3v) is 5.70. The molecule has 0 aromatic heterocycles. The van der Waals surface area contributed by atoms with Gasteiger partial charge in [0.1, 0.15) is 0 Å². The fourth-order valence-electron chi connectivity index (χ4n) is 1.78. The Bertz CT molecular complexity index is 820. The average Bonchev–Trinajstić information content (AvgIpc) is 2.50. The van der Waals surface area contributed by atoms with Gasteiger partial charge in [-0.3, -0.25) is 4.79 Å². The van der Waals surface area contributed by atoms with E-state index in [9.17, 15) is 13.2 Å². The molecule has 0 atom stereocenters. The molecular weight excluding hydrogens is 381 g/mol. The van der Waals surface area contributed by atoms with E-state index in [1.807, 2.05) is 0 Å². The second kappa shape index (κ2) is 7.53. The third kappa shape index (κ3) is 5.11. The molecular formula is C15H12Cl3NO3S. The maximum absolute atomic E-state index is 12.1. The average molecular weight is 393 g/mol. The second-order valence-corrected chi connectivity index (χ2v) is 8.06. The lowest BCUT2D eigenvalue weighted by molar-refractivity contribution is -0.115. The SMILES string of the molecule is O=C(CCS(=O)(=O)c1ccc(Cl)cc1)Nc1ccc(Cl)c(Cl)c1. The van der Waals surface area contributed by atoms with Crippen LogP contribution < -0.4 is 5.32 Å². The fraction of sp³-hybridized carbons (Fsp3) is 0.133. The zero-order valence-electron chi connectivity index (χ0n) is 11.7. The highest BCUT2D eigenvalue weighted by Gasteiger charge is 2.16. The summed E-state index contributed by atoms with van der Waals surface area (Å²) in [5, 5.41) is 3.70. The van der Waals surface area contributed by atoms with E-state index in [1.54, 1.807) is 12.1 Å². The molecule has 122 valence electrons. The quantitative estimate of drug-likeness (QED) is 0.817. The topological polar surface area (TPSA) is 63.2 Å². The van der Waals surface area contributed by atoms with Gasteiger partial charge in [0, 0.05) is 17.1 Å². The fourth-order valence-corrected chi connectivity index (χ4v) is 3.45. The normalized spacial score (nSPS) is 11.3. The van der Waals surface area contributed by atoms with Gasteiger partial charge in [-0.15, -0.1) is 0 Å². The number of hydrogen-bond acceptors (Lipinski definition) is 3. The van der Waals surface area contributed by atoms with Crippen molar-refractivity contribution in [3.63, 3.8) is 0 Å². The summed E-state index contributed by atoms with van der Waals surface area (Å²) in [5.41, 5.74) is 0.452. The summed E-state index contributed by atoms with van der Waals surface area (Å²) in [4.78, 5) is 12.0. The lowest BCUT2D eigenvalue weighted by atomic mass is 10.3. The van der Waals surface area contributed by atoms with Crippen molar-refractivity contribution in [1.29, 1.82) is 0 Å². The lowest BCUT2D eigenvalue weighted by Crippen LogP contribution is -2.17. The number of rotatable bonds is 5. The molecule has 0 heterocycles. The molecule has 0 saturated heterocycles. The molecule has 0 radical (unpaired) electrons. The largest absolute Gasteiger partial charge is 0.326 e. The molecule has 2 rings (SSSR count). The Morgan fingerprint density at radius 2 is 1.61 bits per heavy atom. The van der Waals surface area contributed by atoms with Gasteiger partial charge in [0.25, 0.3) is 0 Å². The Morgan fingerprint density at radius 1 is 0.957 bits per heavy atom. The molecule has 0 fully saturated rings. The number of benzene rings is 2. The van der Waals surface area contributed by atoms with Gasteiger partial charge >= 0.3 is 0 Å². The van der Waals surface area contributed by atoms with E-state index >= 15 is 0 Å². The Labute approximate surface area is 149 Å². The highest BCUT2D eigenvalue weighted by Crippen LogP contribution is 2.25. The molecule has 2 aromatic rings. The van der Waals surface area contributed by atoms with Crippen molar-refractivity contribution in [2.45, 2.75) is 11.3 Å². The van der Waals surface area contributed by atoms with E-state index in [4.69, 9.17) is 34.8 Å². The van der Waals surface area contributed by atoms with Gasteiger partial charge in [0.2, 0.25) is 5.91 Å². The summed E-state index contributed by atoms with van der Waals surface area (Å²) in [6.45, 7) is 0. The number of sulfone groups is 1. The van der Waals surface area contributed by atoms with Crippen molar-refractivity contribution >= 4 is 56.2 Å². The first-order valence-electron chi connectivity index (χ1n) is 6.51. The Morgan fingerprint density at radius 3 is 2.22 bits per heavy atom. The highest BCUT2D eigenvalue weighted by atomic mass is 35.5. The van der Waals surface area contributed by atoms with Crippen LogP contribution in [0.25, 0.3) is 0 Å². The maximum atomic E-state index is 12.1. The summed E-state index contributed by atoms with van der Waals surface area (Å²) in [6, 6.07) is 10.4. The van der Waals surface area contributed by atoms with Crippen LogP contribution >= 0.6 is 34.8 Å². The molecule has 1 amide bonds. The van der Waals surface area contributed by atoms with Crippen LogP contribution in [-0.4, -0.2) is 20.1 Å². The molecule has 0 aliphatic carbocycles. The zero-order valence-corrected chi connectivity index (χ0v) is 14.8. The van der Waals surface area contributed by atoms with Crippen LogP contribution in [-0.2, 0) is 14.6 Å². The smallest absolute Gasteiger partial charge is 0.225 e. The van der Waals surface area contributed by atoms with Crippen LogP contribution in [0.2, 0.25) is 15.1 Å². The van der Waals surface area contributed by atoms with Crippen molar-refractivity contribution in [1.82, 2.24) is 0 Å². The van der Waals surface area contributed by atoms with Gasteiger partial charge in [-0.1, -0.05) is 34.8 Å². The van der Waals surface area contributed by atoms with E-state index in [-0.39, 0.29) is 17.1 Å². The summed E-state index contributed by atoms with van der Waals surface area (Å²) < 4.78 is 24.3. The lowest BCUT2D eigenvalue weighted by Gasteiger charge is -2.07. The molecule has 23 heavy (non-hydrogen) atoms. The van der Waals surface area contributed by atoms with Crippen LogP contribution in [0.15, 0.2) is 47.4 Å². The molecule has 8 heteroatoms. The minimum atomic E-state index is -3.55. The summed E-state index contributed by atoms with van der Waals surface area (Å²) in [7, 11) is -3.55. The molecule has 4 nitrogen and oxygen atoms in total. The molecule has 0 unspecified atom stereocenters. The standard InChI is InChI=1S/C15H12Cl3NO3S/c16-10-1-4-12(5-2-10)23(21,22)8-7-15(20)19-11-3-6-13(17)14(18)9-11/h1-6,9H,7-8H2,(H,19,20). The van der Waals surface area contributed by atoms with E-state index in [1.165, 1.54) is 30.3 Å². The Hall–Kier alpha value is -1.27. The van der Waals surface area contributed by atoms with E-state index < -0.39 is 15.7 Å². The third-order valence-electron chi connectivity index (χ3n) is 2.97. The maximum Gasteiger partial charge on any atom is 0.225 e. The first-order chi connectivity index (χ1) is 10.8. The van der Waals surface area contributed by atoms with E-state index in [0.29, 0.717) is 20.8 Å². The first-order valence-corrected chi connectivity index (χ1v) is 9.30. The number of amides is 1. The molecule has 1 N–H and O–H groups in total. The van der Waals surface area contributed by atoms with Gasteiger partial charge in [-0.2, -0.15) is 0 Å². The number of carbonyl (C=O) groups is 1. The number of anilines is 1. The number of nitrogens with one attached hydrogen (secondary N) is 1. The van der Waals surface area contributed by atoms with Gasteiger partial charge in [-0.25, -0.2) is 8.42 Å². The highest BCUT2D eigenvalue weighted by molar-refractivity contribution is 7.91. The molecule has 2 aromatic carbocycles. The monoisotopic (exact) mass is 391 g/mol. The van der Waals surface area contributed by atoms with Crippen molar-refractivity contribution < 1.29 is 13.2 Å². The molecule has 0 bridgehead atoms. The summed E-state index contributed by atoms with van der Waals surface area (Å²) >= 11 is 17.4. The Kier molecular flexibility index (Phi) is 5.92. The molecule has 0 aliphatic heterocycles. The summed E-state index contributed by atoms with van der Waals surface area (Å²) in [6.07, 6.45) is -0.175. The van der Waals surface area contributed by atoms with Crippen LogP contribution in [0, 0.1) is 0 Å². The van der Waals surface area contributed by atoms with Gasteiger partial charge < -0.3 is 5.32 Å². The van der Waals surface area contributed by atoms with Crippen molar-refractivity contribution in [2.24, 2.45) is 0 Å². The number of carbonyl (C=O) groups excluding carboxylic acids is 1. The predicted molar refractivity (Wildman–Crippen MR) is 93.2 cm³/mol. The van der Waals surface area contributed by atoms with Crippen LogP contribution in [0.5, 0.6) is 0 Å². The number of hydrogen-bond donors (Lipinski definition) is 1.